The summed E-state index contributed by atoms with van der Waals surface area (Å²) in [6, 6.07) is 97.7. The monoisotopic (exact) mass is 1150 g/mol. The van der Waals surface area contributed by atoms with Crippen molar-refractivity contribution in [3.8, 4) is 22.3 Å². The summed E-state index contributed by atoms with van der Waals surface area (Å²) in [5, 5.41) is 14.5. The third kappa shape index (κ3) is 7.24. The van der Waals surface area contributed by atoms with Gasteiger partial charge in [0.2, 0.25) is 0 Å². The Balaban J connectivity index is 0.751. The first kappa shape index (κ1) is 48.9. The smallest absolute Gasteiger partial charge is 0.159 e. The molecule has 90 heavy (non-hydrogen) atoms. The second-order valence-electron chi connectivity index (χ2n) is 23.4. The summed E-state index contributed by atoms with van der Waals surface area (Å²) in [6.07, 6.45) is 0. The maximum absolute atomic E-state index is 7.01. The molecule has 8 nitrogen and oxygen atoms in total. The SMILES string of the molecule is c1ccc(-c2cc3c(cc2N(c2ccc4c(c2)oc2cc5cc6c(cc5cc24)oc2cc(N(c4cc5oc7ccccc7c5cc4-c4ccccc4)c4cccc5c4oc4ccccc45)ccc26)c2cccc4c2oc2ccccc24)oc2ccccc23)cc1. The third-order valence-corrected chi connectivity index (χ3v) is 18.4. The summed E-state index contributed by atoms with van der Waals surface area (Å²) in [6.45, 7) is 0. The molecular weight excluding hydrogens is 1110 g/mol. The predicted octanol–water partition coefficient (Wildman–Crippen LogP) is 24.5. The Morgan fingerprint density at radius 2 is 0.511 bits per heavy atom. The van der Waals surface area contributed by atoms with Gasteiger partial charge in [-0.3, -0.25) is 0 Å². The van der Waals surface area contributed by atoms with Gasteiger partial charge in [-0.2, -0.15) is 0 Å². The number of anilines is 6. The number of hydrogen-bond acceptors (Lipinski definition) is 8. The second kappa shape index (κ2) is 18.6. The fraction of sp³-hybridized carbons (Fsp3) is 0. The Bertz CT molecular complexity index is 5990. The molecule has 6 aromatic heterocycles. The first-order chi connectivity index (χ1) is 44.6. The quantitative estimate of drug-likeness (QED) is 0.149. The topological polar surface area (TPSA) is 85.3 Å². The molecule has 0 amide bonds. The number of rotatable bonds is 8. The predicted molar refractivity (Wildman–Crippen MR) is 368 cm³/mol. The fourth-order valence-corrected chi connectivity index (χ4v) is 14.3. The summed E-state index contributed by atoms with van der Waals surface area (Å²) in [4.78, 5) is 4.60. The highest BCUT2D eigenvalue weighted by Crippen LogP contribution is 2.52. The van der Waals surface area contributed by atoms with Crippen LogP contribution >= 0.6 is 0 Å². The lowest BCUT2D eigenvalue weighted by Crippen LogP contribution is -2.11. The number of para-hydroxylation sites is 6. The van der Waals surface area contributed by atoms with Gasteiger partial charge in [0.1, 0.15) is 55.8 Å². The van der Waals surface area contributed by atoms with Crippen molar-refractivity contribution in [2.75, 3.05) is 9.80 Å². The molecule has 0 aliphatic rings. The molecule has 0 unspecified atom stereocenters. The number of benzene rings is 14. The Kier molecular flexibility index (Phi) is 10.1. The minimum absolute atomic E-state index is 0.755. The summed E-state index contributed by atoms with van der Waals surface area (Å²) in [7, 11) is 0. The molecule has 20 aromatic rings. The van der Waals surface area contributed by atoms with Crippen LogP contribution in [0.4, 0.5) is 34.1 Å². The maximum Gasteiger partial charge on any atom is 0.159 e. The summed E-state index contributed by atoms with van der Waals surface area (Å²) in [5.74, 6) is 0. The van der Waals surface area contributed by atoms with Crippen LogP contribution in [0.3, 0.4) is 0 Å². The van der Waals surface area contributed by atoms with E-state index in [0.717, 1.165) is 199 Å². The van der Waals surface area contributed by atoms with Crippen LogP contribution in [0, 0.1) is 0 Å². The fourth-order valence-electron chi connectivity index (χ4n) is 14.3. The van der Waals surface area contributed by atoms with Crippen molar-refractivity contribution in [2.24, 2.45) is 0 Å². The van der Waals surface area contributed by atoms with Crippen molar-refractivity contribution in [1.29, 1.82) is 0 Å². The minimum Gasteiger partial charge on any atom is -0.456 e. The average molecular weight is 1160 g/mol. The van der Waals surface area contributed by atoms with Gasteiger partial charge in [-0.05, 0) is 119 Å². The average Bonchev–Trinajstić information content (AvgIpc) is 1.57. The van der Waals surface area contributed by atoms with Crippen LogP contribution in [-0.4, -0.2) is 0 Å². The normalized spacial score (nSPS) is 12.2. The van der Waals surface area contributed by atoms with Crippen LogP contribution in [0.5, 0.6) is 0 Å². The van der Waals surface area contributed by atoms with Crippen LogP contribution in [0.25, 0.3) is 165 Å². The molecule has 20 rings (SSSR count). The minimum atomic E-state index is 0.755. The van der Waals surface area contributed by atoms with Crippen LogP contribution in [0.2, 0.25) is 0 Å². The lowest BCUT2D eigenvalue weighted by Gasteiger charge is -2.28. The first-order valence-corrected chi connectivity index (χ1v) is 30.3. The van der Waals surface area contributed by atoms with E-state index in [-0.39, 0.29) is 0 Å². The number of furan rings is 6. The van der Waals surface area contributed by atoms with Gasteiger partial charge in [-0.1, -0.05) is 158 Å². The molecule has 420 valence electrons. The van der Waals surface area contributed by atoms with Crippen molar-refractivity contribution >= 4 is 177 Å². The van der Waals surface area contributed by atoms with Gasteiger partial charge in [0.05, 0.1) is 34.1 Å². The van der Waals surface area contributed by atoms with Gasteiger partial charge in [-0.25, -0.2) is 0 Å². The summed E-state index contributed by atoms with van der Waals surface area (Å²) in [5.41, 5.74) is 19.2. The van der Waals surface area contributed by atoms with Gasteiger partial charge in [-0.15, -0.1) is 0 Å². The molecule has 0 saturated carbocycles. The molecule has 8 heteroatoms. The zero-order valence-electron chi connectivity index (χ0n) is 47.9. The van der Waals surface area contributed by atoms with Crippen molar-refractivity contribution in [3.05, 3.63) is 279 Å². The van der Waals surface area contributed by atoms with Crippen LogP contribution in [-0.2, 0) is 0 Å². The molecule has 0 aliphatic heterocycles. The Morgan fingerprint density at radius 3 is 0.944 bits per heavy atom. The van der Waals surface area contributed by atoms with Crippen molar-refractivity contribution in [1.82, 2.24) is 0 Å². The largest absolute Gasteiger partial charge is 0.456 e. The van der Waals surface area contributed by atoms with E-state index in [0.29, 0.717) is 0 Å². The molecule has 0 fully saturated rings. The van der Waals surface area contributed by atoms with E-state index in [2.05, 4.69) is 240 Å². The molecule has 0 aliphatic carbocycles. The van der Waals surface area contributed by atoms with E-state index in [9.17, 15) is 0 Å². The number of hydrogen-bond donors (Lipinski definition) is 0. The molecule has 0 spiro atoms. The molecule has 0 saturated heterocycles. The van der Waals surface area contributed by atoms with Gasteiger partial charge in [0, 0.05) is 100 Å². The van der Waals surface area contributed by atoms with Gasteiger partial charge < -0.3 is 36.3 Å². The molecule has 0 N–H and O–H groups in total. The third-order valence-electron chi connectivity index (χ3n) is 18.4. The van der Waals surface area contributed by atoms with E-state index < -0.39 is 0 Å². The first-order valence-electron chi connectivity index (χ1n) is 30.3. The van der Waals surface area contributed by atoms with E-state index in [1.807, 2.05) is 48.5 Å². The van der Waals surface area contributed by atoms with Crippen LogP contribution in [0.15, 0.2) is 306 Å². The highest BCUT2D eigenvalue weighted by Gasteiger charge is 2.28. The molecule has 14 aromatic carbocycles. The van der Waals surface area contributed by atoms with Gasteiger partial charge >= 0.3 is 0 Å². The standard InChI is InChI=1S/C82H46N2O6/c1-3-17-47(18-4-1)61-43-65-55-23-9-11-29-71(55)85-79(65)45-69(61)83(67-27-15-25-59-53-21-7-13-31-73(53)89-81(59)67)51-33-35-57-63-37-49-40-76-64(38-50(49)39-75(63)87-77(57)41-51)58-36-34-52(42-78(58)88-76)84(68-28-16-26-60-54-22-8-14-32-74(54)90-82(60)68)70-46-80-66(56-24-10-12-30-72(56)86-80)44-62(70)48-19-5-2-6-20-48/h1-46H. The molecule has 6 heterocycles. The lowest BCUT2D eigenvalue weighted by atomic mass is 9.98. The summed E-state index contributed by atoms with van der Waals surface area (Å²) < 4.78 is 41.0. The molecule has 0 radical (unpaired) electrons. The maximum atomic E-state index is 7.01. The van der Waals surface area contributed by atoms with E-state index in [4.69, 9.17) is 26.5 Å². The van der Waals surface area contributed by atoms with Gasteiger partial charge in [0.25, 0.3) is 0 Å². The zero-order valence-corrected chi connectivity index (χ0v) is 47.9. The van der Waals surface area contributed by atoms with Crippen LogP contribution < -0.4 is 9.80 Å². The van der Waals surface area contributed by atoms with Crippen LogP contribution in [0.1, 0.15) is 0 Å². The summed E-state index contributed by atoms with van der Waals surface area (Å²) >= 11 is 0. The van der Waals surface area contributed by atoms with E-state index >= 15 is 0 Å². The Morgan fingerprint density at radius 1 is 0.189 bits per heavy atom. The molecular formula is C82H46N2O6. The number of fused-ring (bicyclic) bond motifs is 19. The van der Waals surface area contributed by atoms with E-state index in [1.54, 1.807) is 0 Å². The van der Waals surface area contributed by atoms with Crippen molar-refractivity contribution in [2.45, 2.75) is 0 Å². The highest BCUT2D eigenvalue weighted by molar-refractivity contribution is 6.19. The number of nitrogens with zero attached hydrogens (tertiary/aromatic N) is 2. The van der Waals surface area contributed by atoms with E-state index in [1.165, 1.54) is 0 Å². The molecule has 0 atom stereocenters. The van der Waals surface area contributed by atoms with Gasteiger partial charge in [0.15, 0.2) is 11.2 Å². The Labute approximate surface area is 511 Å². The second-order valence-corrected chi connectivity index (χ2v) is 23.4. The molecule has 0 bridgehead atoms. The highest BCUT2D eigenvalue weighted by atomic mass is 16.3. The van der Waals surface area contributed by atoms with Crippen molar-refractivity contribution < 1.29 is 26.5 Å². The Hall–Kier alpha value is -12.3. The zero-order chi connectivity index (χ0) is 58.7. The van der Waals surface area contributed by atoms with Crippen molar-refractivity contribution in [3.63, 3.8) is 0 Å². The lowest BCUT2D eigenvalue weighted by molar-refractivity contribution is 0.666.